The van der Waals surface area contributed by atoms with Crippen molar-refractivity contribution in [1.29, 1.82) is 0 Å². The van der Waals surface area contributed by atoms with Crippen LogP contribution < -0.4 is 28.4 Å². The zero-order valence-electron chi connectivity index (χ0n) is 21.0. The Hall–Kier alpha value is -4.38. The topological polar surface area (TPSA) is 139 Å². The monoisotopic (exact) mass is 518 g/mol. The Balaban J connectivity index is 1.92. The van der Waals surface area contributed by atoms with Gasteiger partial charge in [-0.2, -0.15) is 0 Å². The molecule has 0 unspecified atom stereocenters. The lowest BCUT2D eigenvalue weighted by Crippen LogP contribution is -2.13. The predicted molar refractivity (Wildman–Crippen MR) is 134 cm³/mol. The lowest BCUT2D eigenvalue weighted by molar-refractivity contribution is -0.132. The van der Waals surface area contributed by atoms with Crippen LogP contribution in [0.1, 0.15) is 11.1 Å². The van der Waals surface area contributed by atoms with Crippen molar-refractivity contribution in [2.75, 3.05) is 54.9 Å². The van der Waals surface area contributed by atoms with Crippen molar-refractivity contribution in [2.24, 2.45) is 0 Å². The van der Waals surface area contributed by atoms with Gasteiger partial charge in [-0.05, 0) is 47.5 Å². The summed E-state index contributed by atoms with van der Waals surface area (Å²) in [5.74, 6) is 0.124. The molecule has 0 fully saturated rings. The first kappa shape index (κ1) is 28.9. The second-order valence-corrected chi connectivity index (χ2v) is 7.16. The summed E-state index contributed by atoms with van der Waals surface area (Å²) < 4.78 is 38.6. The number of benzene rings is 2. The average molecular weight is 519 g/mol. The van der Waals surface area contributed by atoms with E-state index in [2.05, 4.69) is 0 Å². The third kappa shape index (κ3) is 8.97. The molecule has 200 valence electrons. The maximum atomic E-state index is 10.8. The Morgan fingerprint density at radius 1 is 0.622 bits per heavy atom. The molecule has 0 saturated heterocycles. The molecule has 37 heavy (non-hydrogen) atoms. The number of methoxy groups -OCH3 is 4. The van der Waals surface area contributed by atoms with Crippen molar-refractivity contribution in [3.63, 3.8) is 0 Å². The summed E-state index contributed by atoms with van der Waals surface area (Å²) in [7, 11) is 5.88. The van der Waals surface area contributed by atoms with Gasteiger partial charge in [0.05, 0.1) is 41.7 Å². The van der Waals surface area contributed by atoms with Gasteiger partial charge in [0.2, 0.25) is 11.5 Å². The molecule has 0 aliphatic rings. The minimum atomic E-state index is -1.07. The van der Waals surface area contributed by atoms with Crippen molar-refractivity contribution in [2.45, 2.75) is 0 Å². The minimum absolute atomic E-state index is 0.189. The van der Waals surface area contributed by atoms with Gasteiger partial charge in [0, 0.05) is 12.2 Å². The molecule has 0 saturated carbocycles. The number of carboxylic acids is 2. The van der Waals surface area contributed by atoms with Crippen LogP contribution >= 0.6 is 0 Å². The molecule has 2 aromatic carbocycles. The largest absolute Gasteiger partial charge is 0.493 e. The number of carboxylic acid groups (broad SMARTS) is 2. The SMILES string of the molecule is COc1cc(/C=C/C(=O)O)cc(OC)c1OCCOCCOc1c(OC)cc(/C=C/C(=O)O)cc1OC. The van der Waals surface area contributed by atoms with E-state index in [0.29, 0.717) is 45.6 Å². The maximum Gasteiger partial charge on any atom is 0.328 e. The lowest BCUT2D eigenvalue weighted by atomic mass is 10.1. The molecule has 0 aromatic heterocycles. The summed E-state index contributed by atoms with van der Waals surface area (Å²) in [6, 6.07) is 6.54. The van der Waals surface area contributed by atoms with Gasteiger partial charge in [0.15, 0.2) is 23.0 Å². The van der Waals surface area contributed by atoms with Crippen LogP contribution in [0, 0.1) is 0 Å². The van der Waals surface area contributed by atoms with E-state index in [9.17, 15) is 9.59 Å². The van der Waals surface area contributed by atoms with E-state index in [0.717, 1.165) is 12.2 Å². The highest BCUT2D eigenvalue weighted by Crippen LogP contribution is 2.40. The Labute approximate surface area is 214 Å². The maximum absolute atomic E-state index is 10.8. The van der Waals surface area contributed by atoms with Crippen LogP contribution in [0.15, 0.2) is 36.4 Å². The van der Waals surface area contributed by atoms with Crippen LogP contribution in [-0.4, -0.2) is 77.0 Å². The molecule has 0 aliphatic heterocycles. The van der Waals surface area contributed by atoms with Crippen LogP contribution in [-0.2, 0) is 14.3 Å². The van der Waals surface area contributed by atoms with E-state index in [1.165, 1.54) is 40.6 Å². The third-order valence-corrected chi connectivity index (χ3v) is 4.75. The number of hydrogen-bond acceptors (Lipinski definition) is 9. The highest BCUT2D eigenvalue weighted by molar-refractivity contribution is 5.86. The van der Waals surface area contributed by atoms with Gasteiger partial charge >= 0.3 is 11.9 Å². The van der Waals surface area contributed by atoms with E-state index in [4.69, 9.17) is 43.4 Å². The predicted octanol–water partition coefficient (Wildman–Crippen LogP) is 3.39. The Bertz CT molecular complexity index is 984. The van der Waals surface area contributed by atoms with Gasteiger partial charge in [0.1, 0.15) is 13.2 Å². The first-order valence-electron chi connectivity index (χ1n) is 11.0. The smallest absolute Gasteiger partial charge is 0.328 e. The first-order chi connectivity index (χ1) is 17.8. The second-order valence-electron chi connectivity index (χ2n) is 7.16. The molecule has 0 bridgehead atoms. The Kier molecular flexibility index (Phi) is 11.6. The lowest BCUT2D eigenvalue weighted by Gasteiger charge is -2.16. The number of carbonyl (C=O) groups is 2. The average Bonchev–Trinajstić information content (AvgIpc) is 2.89. The third-order valence-electron chi connectivity index (χ3n) is 4.75. The molecule has 2 N–H and O–H groups in total. The van der Waals surface area contributed by atoms with E-state index in [1.807, 2.05) is 0 Å². The summed E-state index contributed by atoms with van der Waals surface area (Å²) in [6.45, 7) is 0.857. The Morgan fingerprint density at radius 2 is 0.946 bits per heavy atom. The number of rotatable bonds is 16. The zero-order chi connectivity index (χ0) is 27.2. The summed E-state index contributed by atoms with van der Waals surface area (Å²) in [5, 5.41) is 17.6. The van der Waals surface area contributed by atoms with Crippen LogP contribution in [0.5, 0.6) is 34.5 Å². The molecular weight excluding hydrogens is 488 g/mol. The van der Waals surface area contributed by atoms with Crippen molar-refractivity contribution in [1.82, 2.24) is 0 Å². The van der Waals surface area contributed by atoms with E-state index < -0.39 is 11.9 Å². The highest BCUT2D eigenvalue weighted by atomic mass is 16.6. The molecule has 0 amide bonds. The normalized spacial score (nSPS) is 10.9. The molecule has 0 spiro atoms. The molecule has 0 heterocycles. The summed E-state index contributed by atoms with van der Waals surface area (Å²) in [4.78, 5) is 21.5. The van der Waals surface area contributed by atoms with Crippen molar-refractivity contribution < 1.29 is 53.0 Å². The van der Waals surface area contributed by atoms with Gasteiger partial charge in [-0.3, -0.25) is 0 Å². The summed E-state index contributed by atoms with van der Waals surface area (Å²) in [6.07, 6.45) is 4.87. The highest BCUT2D eigenvalue weighted by Gasteiger charge is 2.15. The molecular formula is C26H30O11. The minimum Gasteiger partial charge on any atom is -0.493 e. The molecule has 0 atom stereocenters. The molecule has 2 aromatic rings. The van der Waals surface area contributed by atoms with E-state index in [-0.39, 0.29) is 26.4 Å². The fourth-order valence-corrected chi connectivity index (χ4v) is 3.12. The molecule has 11 heteroatoms. The molecule has 11 nitrogen and oxygen atoms in total. The van der Waals surface area contributed by atoms with Gasteiger partial charge in [0.25, 0.3) is 0 Å². The number of aliphatic carboxylic acids is 2. The zero-order valence-corrected chi connectivity index (χ0v) is 21.0. The second kappa shape index (κ2) is 14.9. The first-order valence-corrected chi connectivity index (χ1v) is 11.0. The van der Waals surface area contributed by atoms with Gasteiger partial charge < -0.3 is 43.4 Å². The fraction of sp³-hybridized carbons (Fsp3) is 0.308. The summed E-state index contributed by atoms with van der Waals surface area (Å²) in [5.41, 5.74) is 1.15. The van der Waals surface area contributed by atoms with Crippen molar-refractivity contribution in [3.05, 3.63) is 47.5 Å². The summed E-state index contributed by atoms with van der Waals surface area (Å²) >= 11 is 0. The van der Waals surface area contributed by atoms with Crippen LogP contribution in [0.3, 0.4) is 0 Å². The van der Waals surface area contributed by atoms with Gasteiger partial charge in [-0.25, -0.2) is 9.59 Å². The van der Waals surface area contributed by atoms with E-state index >= 15 is 0 Å². The fourth-order valence-electron chi connectivity index (χ4n) is 3.12. The number of ether oxygens (including phenoxy) is 7. The van der Waals surface area contributed by atoms with Crippen LogP contribution in [0.2, 0.25) is 0 Å². The molecule has 2 rings (SSSR count). The Morgan fingerprint density at radius 3 is 1.22 bits per heavy atom. The number of hydrogen-bond donors (Lipinski definition) is 2. The standard InChI is InChI=1S/C26H30O11/c1-31-19-13-17(5-7-23(27)28)14-20(32-2)25(19)36-11-9-35-10-12-37-26-21(33-3)15-18(6-8-24(29)30)16-22(26)34-4/h5-8,13-16H,9-12H2,1-4H3,(H,27,28)(H,29,30)/b7-5+,8-6+. The van der Waals surface area contributed by atoms with E-state index in [1.54, 1.807) is 24.3 Å². The molecule has 0 aliphatic carbocycles. The van der Waals surface area contributed by atoms with Crippen molar-refractivity contribution >= 4 is 24.1 Å². The molecule has 0 radical (unpaired) electrons. The van der Waals surface area contributed by atoms with Gasteiger partial charge in [-0.15, -0.1) is 0 Å². The van der Waals surface area contributed by atoms with Crippen LogP contribution in [0.4, 0.5) is 0 Å². The quantitative estimate of drug-likeness (QED) is 0.250. The van der Waals surface area contributed by atoms with Gasteiger partial charge in [-0.1, -0.05) is 0 Å². The van der Waals surface area contributed by atoms with Crippen molar-refractivity contribution in [3.8, 4) is 34.5 Å². The van der Waals surface area contributed by atoms with Crippen LogP contribution in [0.25, 0.3) is 12.2 Å².